The van der Waals surface area contributed by atoms with Crippen molar-refractivity contribution in [3.8, 4) is 0 Å². The third-order valence-corrected chi connectivity index (χ3v) is 4.68. The quantitative estimate of drug-likeness (QED) is 0.839. The van der Waals surface area contributed by atoms with E-state index in [9.17, 15) is 23.5 Å². The van der Waals surface area contributed by atoms with Crippen LogP contribution in [0.25, 0.3) is 0 Å². The van der Waals surface area contributed by atoms with Gasteiger partial charge in [-0.2, -0.15) is 0 Å². The third-order valence-electron chi connectivity index (χ3n) is 4.68. The molecule has 2 rings (SSSR count). The predicted octanol–water partition coefficient (Wildman–Crippen LogP) is 3.52. The zero-order valence-corrected chi connectivity index (χ0v) is 14.3. The molecule has 7 heteroatoms. The van der Waals surface area contributed by atoms with Crippen LogP contribution in [0.15, 0.2) is 0 Å². The highest BCUT2D eigenvalue weighted by Gasteiger charge is 2.81. The van der Waals surface area contributed by atoms with Crippen LogP contribution in [-0.2, 0) is 9.53 Å². The highest BCUT2D eigenvalue weighted by Crippen LogP contribution is 2.65. The average Bonchev–Trinajstić information content (AvgIpc) is 2.90. The summed E-state index contributed by atoms with van der Waals surface area (Å²) in [6.45, 7) is 9.13. The van der Waals surface area contributed by atoms with Crippen LogP contribution in [0.5, 0.6) is 0 Å². The Bertz CT molecular complexity index is 527. The summed E-state index contributed by atoms with van der Waals surface area (Å²) in [5.74, 6) is -4.83. The standard InChI is InChI=1S/C16H25F2NO4/c1-13(2,3)23-12(22)19-9-14(4,5)7-6-10(19)15(11(20)21)8-16(15,17)18/h10H,6-9H2,1-5H3,(H,20,21). The Balaban J connectivity index is 2.33. The summed E-state index contributed by atoms with van der Waals surface area (Å²) in [5, 5.41) is 9.40. The number of aliphatic carboxylic acids is 1. The van der Waals surface area contributed by atoms with Crippen LogP contribution in [0, 0.1) is 10.8 Å². The monoisotopic (exact) mass is 333 g/mol. The lowest BCUT2D eigenvalue weighted by Crippen LogP contribution is -2.57. The van der Waals surface area contributed by atoms with E-state index in [1.54, 1.807) is 20.8 Å². The summed E-state index contributed by atoms with van der Waals surface area (Å²) in [6.07, 6.45) is -0.630. The van der Waals surface area contributed by atoms with Gasteiger partial charge in [-0.3, -0.25) is 4.79 Å². The molecule has 0 spiro atoms. The Morgan fingerprint density at radius 3 is 2.17 bits per heavy atom. The lowest BCUT2D eigenvalue weighted by atomic mass is 9.76. The second kappa shape index (κ2) is 5.05. The van der Waals surface area contributed by atoms with E-state index in [-0.39, 0.29) is 18.4 Å². The predicted molar refractivity (Wildman–Crippen MR) is 79.4 cm³/mol. The van der Waals surface area contributed by atoms with Gasteiger partial charge in [0.25, 0.3) is 5.92 Å². The van der Waals surface area contributed by atoms with Crippen molar-refractivity contribution >= 4 is 12.1 Å². The smallest absolute Gasteiger partial charge is 0.410 e. The van der Waals surface area contributed by atoms with Crippen LogP contribution in [0.1, 0.15) is 53.9 Å². The minimum Gasteiger partial charge on any atom is -0.481 e. The highest BCUT2D eigenvalue weighted by molar-refractivity contribution is 5.83. The highest BCUT2D eigenvalue weighted by atomic mass is 19.3. The molecular formula is C16H25F2NO4. The van der Waals surface area contributed by atoms with Crippen molar-refractivity contribution < 1.29 is 28.2 Å². The number of alkyl halides is 2. The fourth-order valence-electron chi connectivity index (χ4n) is 3.40. The number of ether oxygens (including phenoxy) is 1. The van der Waals surface area contributed by atoms with Crippen molar-refractivity contribution in [1.29, 1.82) is 0 Å². The number of carboxylic acid groups (broad SMARTS) is 1. The number of hydrogen-bond acceptors (Lipinski definition) is 3. The van der Waals surface area contributed by atoms with Crippen LogP contribution in [-0.4, -0.2) is 46.2 Å². The Morgan fingerprint density at radius 2 is 1.78 bits per heavy atom. The molecule has 2 aliphatic rings. The molecule has 2 fully saturated rings. The summed E-state index contributed by atoms with van der Waals surface area (Å²) in [7, 11) is 0. The summed E-state index contributed by atoms with van der Waals surface area (Å²) in [4.78, 5) is 25.3. The number of rotatable bonds is 2. The molecule has 23 heavy (non-hydrogen) atoms. The SMILES string of the molecule is CC1(C)CCC(C2(C(=O)O)CC2(F)F)N(C(=O)OC(C)(C)C)C1. The topological polar surface area (TPSA) is 66.8 Å². The van der Waals surface area contributed by atoms with Gasteiger partial charge in [-0.15, -0.1) is 0 Å². The normalized spacial score (nSPS) is 32.3. The molecule has 1 amide bonds. The molecule has 1 saturated heterocycles. The third kappa shape index (κ3) is 3.15. The van der Waals surface area contributed by atoms with E-state index in [1.807, 2.05) is 13.8 Å². The van der Waals surface area contributed by atoms with Crippen LogP contribution in [0.4, 0.5) is 13.6 Å². The first-order valence-corrected chi connectivity index (χ1v) is 7.83. The second-order valence-electron chi connectivity index (χ2n) is 8.48. The lowest BCUT2D eigenvalue weighted by Gasteiger charge is -2.45. The summed E-state index contributed by atoms with van der Waals surface area (Å²) < 4.78 is 33.1. The first-order chi connectivity index (χ1) is 10.2. The van der Waals surface area contributed by atoms with Crippen molar-refractivity contribution in [2.24, 2.45) is 10.8 Å². The van der Waals surface area contributed by atoms with E-state index in [1.165, 1.54) is 4.90 Å². The number of hydrogen-bond donors (Lipinski definition) is 1. The molecule has 1 heterocycles. The van der Waals surface area contributed by atoms with Gasteiger partial charge in [0.15, 0.2) is 5.41 Å². The Hall–Kier alpha value is -1.40. The van der Waals surface area contributed by atoms with Gasteiger partial charge < -0.3 is 14.7 Å². The van der Waals surface area contributed by atoms with Gasteiger partial charge in [-0.25, -0.2) is 13.6 Å². The van der Waals surface area contributed by atoms with Crippen molar-refractivity contribution in [3.63, 3.8) is 0 Å². The number of halogens is 2. The minimum absolute atomic E-state index is 0.206. The molecule has 0 aromatic heterocycles. The summed E-state index contributed by atoms with van der Waals surface area (Å²) in [6, 6.07) is -1.04. The Labute approximate surface area is 135 Å². The number of carboxylic acids is 1. The van der Waals surface area contributed by atoms with Gasteiger partial charge in [0, 0.05) is 13.0 Å². The largest absolute Gasteiger partial charge is 0.481 e. The molecule has 1 saturated carbocycles. The minimum atomic E-state index is -3.29. The number of amides is 1. The molecule has 132 valence electrons. The zero-order chi connectivity index (χ0) is 17.8. The van der Waals surface area contributed by atoms with Gasteiger partial charge in [0.1, 0.15) is 5.60 Å². The fraction of sp³-hybridized carbons (Fsp3) is 0.875. The number of likely N-dealkylation sites (tertiary alicyclic amines) is 1. The van der Waals surface area contributed by atoms with Crippen LogP contribution < -0.4 is 0 Å². The molecule has 0 aromatic carbocycles. The molecule has 5 nitrogen and oxygen atoms in total. The van der Waals surface area contributed by atoms with Crippen molar-refractivity contribution in [2.75, 3.05) is 6.54 Å². The molecule has 1 N–H and O–H groups in total. The second-order valence-corrected chi connectivity index (χ2v) is 8.48. The summed E-state index contributed by atoms with van der Waals surface area (Å²) >= 11 is 0. The molecule has 2 unspecified atom stereocenters. The molecule has 1 aliphatic heterocycles. The van der Waals surface area contributed by atoms with E-state index in [0.29, 0.717) is 6.42 Å². The van der Waals surface area contributed by atoms with Gasteiger partial charge >= 0.3 is 12.1 Å². The zero-order valence-electron chi connectivity index (χ0n) is 14.3. The first kappa shape index (κ1) is 17.9. The summed E-state index contributed by atoms with van der Waals surface area (Å²) in [5.41, 5.74) is -3.22. The maximum Gasteiger partial charge on any atom is 0.410 e. The number of carbonyl (C=O) groups excluding carboxylic acids is 1. The lowest BCUT2D eigenvalue weighted by molar-refractivity contribution is -0.153. The first-order valence-electron chi connectivity index (χ1n) is 7.83. The fourth-order valence-corrected chi connectivity index (χ4v) is 3.40. The van der Waals surface area contributed by atoms with Gasteiger partial charge in [0.2, 0.25) is 0 Å². The Morgan fingerprint density at radius 1 is 1.26 bits per heavy atom. The van der Waals surface area contributed by atoms with E-state index in [0.717, 1.165) is 0 Å². The molecule has 0 bridgehead atoms. The average molecular weight is 333 g/mol. The molecule has 0 aromatic rings. The maximum atomic E-state index is 13.9. The van der Waals surface area contributed by atoms with Crippen molar-refractivity contribution in [3.05, 3.63) is 0 Å². The van der Waals surface area contributed by atoms with Crippen LogP contribution in [0.2, 0.25) is 0 Å². The van der Waals surface area contributed by atoms with Gasteiger partial charge in [-0.05, 0) is 39.0 Å². The van der Waals surface area contributed by atoms with Crippen molar-refractivity contribution in [1.82, 2.24) is 4.90 Å². The molecule has 2 atom stereocenters. The van der Waals surface area contributed by atoms with Gasteiger partial charge in [-0.1, -0.05) is 13.8 Å². The number of carbonyl (C=O) groups is 2. The van der Waals surface area contributed by atoms with E-state index in [4.69, 9.17) is 4.74 Å². The van der Waals surface area contributed by atoms with Gasteiger partial charge in [0.05, 0.1) is 6.04 Å². The van der Waals surface area contributed by atoms with Crippen molar-refractivity contribution in [2.45, 2.75) is 71.4 Å². The molecule has 0 radical (unpaired) electrons. The number of nitrogens with zero attached hydrogens (tertiary/aromatic N) is 1. The van der Waals surface area contributed by atoms with E-state index in [2.05, 4.69) is 0 Å². The Kier molecular flexibility index (Phi) is 3.94. The number of piperidine rings is 1. The maximum absolute atomic E-state index is 13.9. The van der Waals surface area contributed by atoms with Crippen LogP contribution in [0.3, 0.4) is 0 Å². The molecular weight excluding hydrogens is 308 g/mol. The van der Waals surface area contributed by atoms with Crippen LogP contribution >= 0.6 is 0 Å². The van der Waals surface area contributed by atoms with E-state index >= 15 is 0 Å². The van der Waals surface area contributed by atoms with E-state index < -0.39 is 41.5 Å². The molecule has 1 aliphatic carbocycles.